The molecule has 2 amide bonds. The van der Waals surface area contributed by atoms with Crippen molar-refractivity contribution in [2.24, 2.45) is 0 Å². The van der Waals surface area contributed by atoms with Gasteiger partial charge in [0, 0.05) is 23.6 Å². The Bertz CT molecular complexity index is 1120. The van der Waals surface area contributed by atoms with Gasteiger partial charge in [-0.15, -0.1) is 0 Å². The van der Waals surface area contributed by atoms with Gasteiger partial charge in [-0.1, -0.05) is 66.7 Å². The minimum atomic E-state index is -0.288. The minimum Gasteiger partial charge on any atom is -0.341 e. The van der Waals surface area contributed by atoms with Gasteiger partial charge in [-0.05, 0) is 41.5 Å². The maximum atomic E-state index is 13.1. The number of aromatic nitrogens is 1. The van der Waals surface area contributed by atoms with Crippen molar-refractivity contribution in [3.05, 3.63) is 132 Å². The van der Waals surface area contributed by atoms with E-state index in [1.54, 1.807) is 42.6 Å². The Balaban J connectivity index is 1.54. The number of amides is 2. The van der Waals surface area contributed by atoms with Gasteiger partial charge < -0.3 is 10.6 Å². The van der Waals surface area contributed by atoms with Gasteiger partial charge in [-0.2, -0.15) is 0 Å². The highest BCUT2D eigenvalue weighted by Crippen LogP contribution is 2.23. The number of hydrogen-bond acceptors (Lipinski definition) is 3. The Morgan fingerprint density at radius 2 is 1.32 bits per heavy atom. The third kappa shape index (κ3) is 5.03. The van der Waals surface area contributed by atoms with E-state index in [2.05, 4.69) is 15.6 Å². The van der Waals surface area contributed by atoms with Crippen LogP contribution < -0.4 is 10.6 Å². The molecule has 0 radical (unpaired) electrons. The van der Waals surface area contributed by atoms with E-state index in [-0.39, 0.29) is 17.9 Å². The van der Waals surface area contributed by atoms with Crippen LogP contribution in [0.2, 0.25) is 0 Å². The second-order valence-electron chi connectivity index (χ2n) is 7.00. The second-order valence-corrected chi connectivity index (χ2v) is 7.00. The Labute approximate surface area is 180 Å². The summed E-state index contributed by atoms with van der Waals surface area (Å²) >= 11 is 0. The Hall–Kier alpha value is -4.25. The molecule has 0 fully saturated rings. The molecule has 1 heterocycles. The van der Waals surface area contributed by atoms with Crippen LogP contribution in [0.5, 0.6) is 0 Å². The fourth-order valence-corrected chi connectivity index (χ4v) is 3.30. The summed E-state index contributed by atoms with van der Waals surface area (Å²) in [5.74, 6) is -0.507. The molecule has 0 bridgehead atoms. The van der Waals surface area contributed by atoms with Crippen molar-refractivity contribution in [2.75, 3.05) is 5.32 Å². The summed E-state index contributed by atoms with van der Waals surface area (Å²) < 4.78 is 0. The van der Waals surface area contributed by atoms with E-state index < -0.39 is 0 Å². The third-order valence-electron chi connectivity index (χ3n) is 4.85. The summed E-state index contributed by atoms with van der Waals surface area (Å²) in [4.78, 5) is 29.4. The van der Waals surface area contributed by atoms with E-state index in [1.165, 1.54) is 6.20 Å². The first-order valence-electron chi connectivity index (χ1n) is 9.93. The SMILES string of the molecule is O=C(Nc1cccc(C(=O)NC(c2ccccc2)c2ccccc2)c1)c1cccnc1. The highest BCUT2D eigenvalue weighted by atomic mass is 16.2. The molecule has 0 unspecified atom stereocenters. The molecule has 4 aromatic rings. The van der Waals surface area contributed by atoms with Crippen LogP contribution in [0.15, 0.2) is 109 Å². The number of carbonyl (C=O) groups excluding carboxylic acids is 2. The molecule has 152 valence electrons. The van der Waals surface area contributed by atoms with Crippen LogP contribution in [0.25, 0.3) is 0 Å². The van der Waals surface area contributed by atoms with Gasteiger partial charge in [0.05, 0.1) is 11.6 Å². The summed E-state index contributed by atoms with van der Waals surface area (Å²) in [7, 11) is 0. The lowest BCUT2D eigenvalue weighted by atomic mass is 9.98. The van der Waals surface area contributed by atoms with Crippen molar-refractivity contribution in [1.29, 1.82) is 0 Å². The van der Waals surface area contributed by atoms with Gasteiger partial charge in [0.25, 0.3) is 11.8 Å². The van der Waals surface area contributed by atoms with Crippen LogP contribution in [-0.4, -0.2) is 16.8 Å². The van der Waals surface area contributed by atoms with E-state index >= 15 is 0 Å². The molecule has 0 atom stereocenters. The summed E-state index contributed by atoms with van der Waals surface area (Å²) in [6.45, 7) is 0. The van der Waals surface area contributed by atoms with Crippen LogP contribution in [0.1, 0.15) is 37.9 Å². The van der Waals surface area contributed by atoms with Crippen molar-refractivity contribution in [3.63, 3.8) is 0 Å². The van der Waals surface area contributed by atoms with Crippen LogP contribution in [0, 0.1) is 0 Å². The zero-order valence-electron chi connectivity index (χ0n) is 16.7. The van der Waals surface area contributed by atoms with E-state index in [4.69, 9.17) is 0 Å². The number of rotatable bonds is 6. The monoisotopic (exact) mass is 407 g/mol. The van der Waals surface area contributed by atoms with Gasteiger partial charge >= 0.3 is 0 Å². The summed E-state index contributed by atoms with van der Waals surface area (Å²) in [6.07, 6.45) is 3.10. The molecular weight excluding hydrogens is 386 g/mol. The number of anilines is 1. The van der Waals surface area contributed by atoms with Gasteiger partial charge in [-0.3, -0.25) is 14.6 Å². The average molecular weight is 407 g/mol. The van der Waals surface area contributed by atoms with E-state index in [9.17, 15) is 9.59 Å². The van der Waals surface area contributed by atoms with Crippen LogP contribution in [0.4, 0.5) is 5.69 Å². The van der Waals surface area contributed by atoms with Crippen molar-refractivity contribution >= 4 is 17.5 Å². The van der Waals surface area contributed by atoms with E-state index in [0.29, 0.717) is 16.8 Å². The number of pyridine rings is 1. The topological polar surface area (TPSA) is 71.1 Å². The molecule has 5 nitrogen and oxygen atoms in total. The molecule has 1 aromatic heterocycles. The molecule has 5 heteroatoms. The first kappa shape index (κ1) is 20.0. The van der Waals surface area contributed by atoms with E-state index in [0.717, 1.165) is 11.1 Å². The zero-order chi connectivity index (χ0) is 21.5. The predicted molar refractivity (Wildman–Crippen MR) is 121 cm³/mol. The van der Waals surface area contributed by atoms with Crippen molar-refractivity contribution in [1.82, 2.24) is 10.3 Å². The minimum absolute atomic E-state index is 0.227. The van der Waals surface area contributed by atoms with Gasteiger partial charge in [-0.25, -0.2) is 0 Å². The maximum Gasteiger partial charge on any atom is 0.257 e. The fourth-order valence-electron chi connectivity index (χ4n) is 3.30. The number of nitrogens with zero attached hydrogens (tertiary/aromatic N) is 1. The Morgan fingerprint density at radius 3 is 1.94 bits per heavy atom. The maximum absolute atomic E-state index is 13.1. The van der Waals surface area contributed by atoms with Crippen molar-refractivity contribution in [3.8, 4) is 0 Å². The molecule has 0 aliphatic heterocycles. The predicted octanol–water partition coefficient (Wildman–Crippen LogP) is 4.85. The standard InChI is InChI=1S/C26H21N3O2/c30-25(29-24(19-9-3-1-4-10-19)20-11-5-2-6-12-20)21-13-7-15-23(17-21)28-26(31)22-14-8-16-27-18-22/h1-18,24H,(H,28,31)(H,29,30). The van der Waals surface area contributed by atoms with Gasteiger partial charge in [0.2, 0.25) is 0 Å². The number of nitrogens with one attached hydrogen (secondary N) is 2. The molecule has 0 aliphatic rings. The highest BCUT2D eigenvalue weighted by molar-refractivity contribution is 6.05. The summed E-state index contributed by atoms with van der Waals surface area (Å²) in [6, 6.07) is 29.6. The molecule has 0 saturated heterocycles. The molecule has 2 N–H and O–H groups in total. The number of carbonyl (C=O) groups is 2. The molecule has 3 aromatic carbocycles. The molecule has 4 rings (SSSR count). The normalized spacial score (nSPS) is 10.5. The quantitative estimate of drug-likeness (QED) is 0.480. The molecule has 31 heavy (non-hydrogen) atoms. The molecule has 0 aliphatic carbocycles. The molecule has 0 saturated carbocycles. The lowest BCUT2D eigenvalue weighted by molar-refractivity contribution is 0.0941. The fraction of sp³-hybridized carbons (Fsp3) is 0.0385. The van der Waals surface area contributed by atoms with Crippen molar-refractivity contribution in [2.45, 2.75) is 6.04 Å². The van der Waals surface area contributed by atoms with E-state index in [1.807, 2.05) is 60.7 Å². The first-order valence-corrected chi connectivity index (χ1v) is 9.93. The molecular formula is C26H21N3O2. The third-order valence-corrected chi connectivity index (χ3v) is 4.85. The average Bonchev–Trinajstić information content (AvgIpc) is 2.84. The van der Waals surface area contributed by atoms with Crippen LogP contribution >= 0.6 is 0 Å². The molecule has 0 spiro atoms. The van der Waals surface area contributed by atoms with Gasteiger partial charge in [0.1, 0.15) is 0 Å². The van der Waals surface area contributed by atoms with Crippen LogP contribution in [-0.2, 0) is 0 Å². The summed E-state index contributed by atoms with van der Waals surface area (Å²) in [5, 5.41) is 5.93. The Kier molecular flexibility index (Phi) is 6.14. The second kappa shape index (κ2) is 9.50. The lowest BCUT2D eigenvalue weighted by Crippen LogP contribution is -2.29. The summed E-state index contributed by atoms with van der Waals surface area (Å²) in [5.41, 5.74) is 3.43. The first-order chi connectivity index (χ1) is 15.2. The van der Waals surface area contributed by atoms with Crippen LogP contribution in [0.3, 0.4) is 0 Å². The largest absolute Gasteiger partial charge is 0.341 e. The lowest BCUT2D eigenvalue weighted by Gasteiger charge is -2.20. The Morgan fingerprint density at radius 1 is 0.677 bits per heavy atom. The number of benzene rings is 3. The number of hydrogen-bond donors (Lipinski definition) is 2. The highest BCUT2D eigenvalue weighted by Gasteiger charge is 2.18. The zero-order valence-corrected chi connectivity index (χ0v) is 16.7. The smallest absolute Gasteiger partial charge is 0.257 e. The van der Waals surface area contributed by atoms with Crippen molar-refractivity contribution < 1.29 is 9.59 Å². The van der Waals surface area contributed by atoms with Gasteiger partial charge in [0.15, 0.2) is 0 Å².